The molecule has 3 aliphatic rings. The Balaban J connectivity index is 1.44. The maximum atomic E-state index is 12.5. The van der Waals surface area contributed by atoms with E-state index in [-0.39, 0.29) is 23.5 Å². The van der Waals surface area contributed by atoms with Crippen LogP contribution >= 0.6 is 0 Å². The minimum Gasteiger partial charge on any atom is -0.497 e. The largest absolute Gasteiger partial charge is 0.497 e. The van der Waals surface area contributed by atoms with Crippen LogP contribution in [0.1, 0.15) is 40.0 Å². The summed E-state index contributed by atoms with van der Waals surface area (Å²) in [5.74, 6) is 0.404. The standard InChI is InChI=1S/C21H23NO5/c1-25-15-7-10-21(11-8-15,20-26-13-14-27-20)9-4-12-22-18(23)16-5-2-3-6-17(16)19(22)24/h2-3,5-8,10,20H,4,9,11-14H2,1H3/t21-/m0/s1. The fraction of sp³-hybridized carbons (Fsp3) is 0.429. The predicted octanol–water partition coefficient (Wildman–Crippen LogP) is 2.91. The summed E-state index contributed by atoms with van der Waals surface area (Å²) in [5.41, 5.74) is 0.673. The summed E-state index contributed by atoms with van der Waals surface area (Å²) in [6, 6.07) is 6.98. The molecule has 4 rings (SSSR count). The second kappa shape index (κ2) is 7.29. The molecule has 0 saturated carbocycles. The van der Waals surface area contributed by atoms with E-state index >= 15 is 0 Å². The average Bonchev–Trinajstić information content (AvgIpc) is 3.33. The van der Waals surface area contributed by atoms with Crippen LogP contribution in [0, 0.1) is 5.41 Å². The third kappa shape index (κ3) is 3.19. The Hall–Kier alpha value is -2.44. The molecule has 0 N–H and O–H groups in total. The molecule has 1 saturated heterocycles. The number of hydrogen-bond acceptors (Lipinski definition) is 5. The molecule has 1 fully saturated rings. The minimum atomic E-state index is -0.314. The van der Waals surface area contributed by atoms with Gasteiger partial charge in [-0.3, -0.25) is 14.5 Å². The van der Waals surface area contributed by atoms with Crippen LogP contribution in [-0.4, -0.2) is 49.9 Å². The Bertz CT molecular complexity index is 774. The number of methoxy groups -OCH3 is 1. The van der Waals surface area contributed by atoms with Crippen molar-refractivity contribution in [3.63, 3.8) is 0 Å². The molecule has 2 heterocycles. The highest BCUT2D eigenvalue weighted by Gasteiger charge is 2.42. The van der Waals surface area contributed by atoms with Crippen LogP contribution in [-0.2, 0) is 14.2 Å². The highest BCUT2D eigenvalue weighted by atomic mass is 16.7. The van der Waals surface area contributed by atoms with Gasteiger partial charge < -0.3 is 14.2 Å². The van der Waals surface area contributed by atoms with Crippen molar-refractivity contribution in [1.29, 1.82) is 0 Å². The molecule has 27 heavy (non-hydrogen) atoms. The summed E-state index contributed by atoms with van der Waals surface area (Å²) >= 11 is 0. The minimum absolute atomic E-state index is 0.209. The second-order valence-corrected chi connectivity index (χ2v) is 7.07. The molecular weight excluding hydrogens is 346 g/mol. The summed E-state index contributed by atoms with van der Waals surface area (Å²) < 4.78 is 16.9. The van der Waals surface area contributed by atoms with Crippen molar-refractivity contribution >= 4 is 11.8 Å². The monoisotopic (exact) mass is 369 g/mol. The van der Waals surface area contributed by atoms with Gasteiger partial charge in [-0.15, -0.1) is 0 Å². The molecule has 1 atom stereocenters. The van der Waals surface area contributed by atoms with Crippen LogP contribution in [0.15, 0.2) is 48.3 Å². The van der Waals surface area contributed by atoms with E-state index in [0.29, 0.717) is 37.3 Å². The number of imide groups is 1. The maximum absolute atomic E-state index is 12.5. The lowest BCUT2D eigenvalue weighted by atomic mass is 9.76. The summed E-state index contributed by atoms with van der Waals surface area (Å²) in [4.78, 5) is 26.4. The fourth-order valence-corrected chi connectivity index (χ4v) is 4.00. The van der Waals surface area contributed by atoms with Crippen molar-refractivity contribution in [2.45, 2.75) is 25.6 Å². The summed E-state index contributed by atoms with van der Waals surface area (Å²) in [7, 11) is 1.65. The topological polar surface area (TPSA) is 65.1 Å². The first kappa shape index (κ1) is 17.9. The first-order valence-electron chi connectivity index (χ1n) is 9.26. The molecule has 2 amide bonds. The van der Waals surface area contributed by atoms with Gasteiger partial charge in [-0.25, -0.2) is 0 Å². The zero-order chi connectivity index (χ0) is 18.9. The third-order valence-corrected chi connectivity index (χ3v) is 5.49. The molecular formula is C21H23NO5. The van der Waals surface area contributed by atoms with Gasteiger partial charge in [0.05, 0.1) is 31.5 Å². The molecule has 6 heteroatoms. The first-order chi connectivity index (χ1) is 13.1. The van der Waals surface area contributed by atoms with Gasteiger partial charge in [-0.1, -0.05) is 18.2 Å². The number of rotatable bonds is 6. The number of amides is 2. The first-order valence-corrected chi connectivity index (χ1v) is 9.26. The van der Waals surface area contributed by atoms with E-state index in [1.54, 1.807) is 31.4 Å². The summed E-state index contributed by atoms with van der Waals surface area (Å²) in [6.07, 6.45) is 7.91. The van der Waals surface area contributed by atoms with Crippen molar-refractivity contribution in [3.05, 3.63) is 59.4 Å². The number of carbonyl (C=O) groups excluding carboxylic acids is 2. The predicted molar refractivity (Wildman–Crippen MR) is 98.0 cm³/mol. The molecule has 0 bridgehead atoms. The number of fused-ring (bicyclic) bond motifs is 1. The Morgan fingerprint density at radius 1 is 1.15 bits per heavy atom. The van der Waals surface area contributed by atoms with Crippen LogP contribution in [0.25, 0.3) is 0 Å². The highest BCUT2D eigenvalue weighted by molar-refractivity contribution is 6.21. The Morgan fingerprint density at radius 2 is 1.81 bits per heavy atom. The molecule has 1 aliphatic carbocycles. The van der Waals surface area contributed by atoms with Crippen LogP contribution in [0.2, 0.25) is 0 Å². The SMILES string of the molecule is COC1=CC[C@@](CCCN2C(=O)c3ccccc3C2=O)(C2OCCO2)C=C1. The molecule has 1 aromatic rings. The summed E-state index contributed by atoms with van der Waals surface area (Å²) in [6.45, 7) is 1.55. The smallest absolute Gasteiger partial charge is 0.261 e. The lowest BCUT2D eigenvalue weighted by Crippen LogP contribution is -2.37. The van der Waals surface area contributed by atoms with E-state index in [4.69, 9.17) is 14.2 Å². The van der Waals surface area contributed by atoms with E-state index in [0.717, 1.165) is 18.6 Å². The molecule has 142 valence electrons. The number of ether oxygens (including phenoxy) is 3. The zero-order valence-electron chi connectivity index (χ0n) is 15.3. The quantitative estimate of drug-likeness (QED) is 0.722. The highest BCUT2D eigenvalue weighted by Crippen LogP contribution is 2.41. The van der Waals surface area contributed by atoms with Gasteiger partial charge in [0.15, 0.2) is 6.29 Å². The average molecular weight is 369 g/mol. The maximum Gasteiger partial charge on any atom is 0.261 e. The van der Waals surface area contributed by atoms with Crippen molar-refractivity contribution < 1.29 is 23.8 Å². The lowest BCUT2D eigenvalue weighted by Gasteiger charge is -2.36. The van der Waals surface area contributed by atoms with Gasteiger partial charge in [0, 0.05) is 12.0 Å². The Morgan fingerprint density at radius 3 is 2.37 bits per heavy atom. The number of allylic oxidation sites excluding steroid dienone is 2. The normalized spacial score (nSPS) is 25.1. The second-order valence-electron chi connectivity index (χ2n) is 7.07. The van der Waals surface area contributed by atoms with E-state index in [9.17, 15) is 9.59 Å². The lowest BCUT2D eigenvalue weighted by molar-refractivity contribution is -0.117. The zero-order valence-corrected chi connectivity index (χ0v) is 15.3. The van der Waals surface area contributed by atoms with Crippen molar-refractivity contribution in [3.8, 4) is 0 Å². The van der Waals surface area contributed by atoms with Crippen LogP contribution in [0.4, 0.5) is 0 Å². The molecule has 6 nitrogen and oxygen atoms in total. The number of nitrogens with zero attached hydrogens (tertiary/aromatic N) is 1. The van der Waals surface area contributed by atoms with E-state index < -0.39 is 0 Å². The molecule has 1 aromatic carbocycles. The van der Waals surface area contributed by atoms with Gasteiger partial charge in [-0.2, -0.15) is 0 Å². The molecule has 2 aliphatic heterocycles. The molecule has 0 aromatic heterocycles. The fourth-order valence-electron chi connectivity index (χ4n) is 4.00. The molecule has 0 unspecified atom stereocenters. The Labute approximate surface area is 158 Å². The van der Waals surface area contributed by atoms with Crippen LogP contribution in [0.5, 0.6) is 0 Å². The van der Waals surface area contributed by atoms with E-state index in [1.165, 1.54) is 4.90 Å². The number of hydrogen-bond donors (Lipinski definition) is 0. The number of benzene rings is 1. The van der Waals surface area contributed by atoms with Gasteiger partial charge in [0.1, 0.15) is 5.76 Å². The van der Waals surface area contributed by atoms with Crippen molar-refractivity contribution in [2.75, 3.05) is 26.9 Å². The third-order valence-electron chi connectivity index (χ3n) is 5.49. The van der Waals surface area contributed by atoms with E-state index in [1.807, 2.05) is 12.2 Å². The van der Waals surface area contributed by atoms with Gasteiger partial charge in [0.2, 0.25) is 0 Å². The van der Waals surface area contributed by atoms with Gasteiger partial charge >= 0.3 is 0 Å². The number of carbonyl (C=O) groups is 2. The van der Waals surface area contributed by atoms with E-state index in [2.05, 4.69) is 6.08 Å². The van der Waals surface area contributed by atoms with Gasteiger partial charge in [0.25, 0.3) is 11.8 Å². The van der Waals surface area contributed by atoms with Crippen molar-refractivity contribution in [1.82, 2.24) is 4.90 Å². The summed E-state index contributed by atoms with van der Waals surface area (Å²) in [5, 5.41) is 0. The molecule has 0 radical (unpaired) electrons. The van der Waals surface area contributed by atoms with Crippen LogP contribution < -0.4 is 0 Å². The van der Waals surface area contributed by atoms with Crippen LogP contribution in [0.3, 0.4) is 0 Å². The Kier molecular flexibility index (Phi) is 4.85. The van der Waals surface area contributed by atoms with Gasteiger partial charge in [-0.05, 0) is 43.5 Å². The molecule has 0 spiro atoms. The van der Waals surface area contributed by atoms with Crippen molar-refractivity contribution in [2.24, 2.45) is 5.41 Å².